The third-order valence-electron chi connectivity index (χ3n) is 9.16. The van der Waals surface area contributed by atoms with Crippen LogP contribution in [0, 0.1) is 19.3 Å². The number of likely N-dealkylation sites (tertiary alicyclic amines) is 1. The fourth-order valence-electron chi connectivity index (χ4n) is 6.67. The van der Waals surface area contributed by atoms with Crippen LogP contribution in [0.4, 0.5) is 0 Å². The van der Waals surface area contributed by atoms with E-state index in [-0.39, 0.29) is 41.6 Å². The van der Waals surface area contributed by atoms with Crippen LogP contribution < -0.4 is 5.32 Å². The van der Waals surface area contributed by atoms with Crippen LogP contribution in [0.15, 0.2) is 54.9 Å². The van der Waals surface area contributed by atoms with Gasteiger partial charge in [0.15, 0.2) is 5.78 Å². The Balaban J connectivity index is 1.26. The van der Waals surface area contributed by atoms with Gasteiger partial charge >= 0.3 is 0 Å². The molecule has 2 aliphatic rings. The number of fused-ring (bicyclic) bond motifs is 2. The van der Waals surface area contributed by atoms with Crippen molar-refractivity contribution in [1.29, 1.82) is 0 Å². The number of benzene rings is 2. The molecule has 0 radical (unpaired) electrons. The number of rotatable bonds is 9. The Labute approximate surface area is 251 Å². The van der Waals surface area contributed by atoms with E-state index in [0.29, 0.717) is 23.3 Å². The molecule has 1 N–H and O–H groups in total. The monoisotopic (exact) mass is 578 g/mol. The summed E-state index contributed by atoms with van der Waals surface area (Å²) >= 11 is 0. The van der Waals surface area contributed by atoms with Gasteiger partial charge in [-0.3, -0.25) is 19.1 Å². The number of aromatic nitrogens is 4. The fourth-order valence-corrected chi connectivity index (χ4v) is 6.67. The summed E-state index contributed by atoms with van der Waals surface area (Å²) in [5, 5.41) is 8.56. The van der Waals surface area contributed by atoms with E-state index < -0.39 is 6.04 Å². The first kappa shape index (κ1) is 28.7. The van der Waals surface area contributed by atoms with Gasteiger partial charge in [-0.2, -0.15) is 5.10 Å². The molecule has 2 amide bonds. The van der Waals surface area contributed by atoms with Crippen LogP contribution in [0.2, 0.25) is 0 Å². The minimum Gasteiger partial charge on any atom is -0.351 e. The van der Waals surface area contributed by atoms with Crippen molar-refractivity contribution in [1.82, 2.24) is 30.0 Å². The number of piperidine rings is 1. The Morgan fingerprint density at radius 3 is 2.44 bits per heavy atom. The summed E-state index contributed by atoms with van der Waals surface area (Å²) in [5.74, 6) is 0.252. The van der Waals surface area contributed by atoms with Crippen molar-refractivity contribution < 1.29 is 14.4 Å². The number of Topliss-reactive ketones (excluding diaryl/α,β-unsaturated/α-hetero) is 1. The lowest BCUT2D eigenvalue weighted by atomic mass is 10.00. The van der Waals surface area contributed by atoms with Crippen molar-refractivity contribution >= 4 is 28.5 Å². The number of ketones is 1. The zero-order valence-electron chi connectivity index (χ0n) is 25.4. The Kier molecular flexibility index (Phi) is 7.36. The largest absolute Gasteiger partial charge is 0.351 e. The van der Waals surface area contributed by atoms with E-state index in [0.717, 1.165) is 41.5 Å². The molecule has 1 saturated carbocycles. The van der Waals surface area contributed by atoms with Crippen molar-refractivity contribution in [2.75, 3.05) is 0 Å². The quantitative estimate of drug-likeness (QED) is 0.285. The van der Waals surface area contributed by atoms with Gasteiger partial charge in [0.2, 0.25) is 11.8 Å². The van der Waals surface area contributed by atoms with Crippen LogP contribution in [0.25, 0.3) is 22.0 Å². The minimum absolute atomic E-state index is 0.0134. The second-order valence-electron chi connectivity index (χ2n) is 12.5. The van der Waals surface area contributed by atoms with E-state index >= 15 is 0 Å². The minimum atomic E-state index is -0.524. The molecule has 222 valence electrons. The molecule has 2 aromatic carbocycles. The molecule has 1 saturated heterocycles. The number of hydrogen-bond donors (Lipinski definition) is 1. The number of aryl methyl sites for hydroxylation is 2. The first-order valence-electron chi connectivity index (χ1n) is 15.0. The number of nitrogens with zero attached hydrogens (tertiary/aromatic N) is 5. The average Bonchev–Trinajstić information content (AvgIpc) is 3.33. The number of carbonyl (C=O) groups excluding carboxylic acids is 3. The Bertz CT molecular complexity index is 1710. The molecule has 43 heavy (non-hydrogen) atoms. The SMILES string of the molecule is CCC(Cc1ccccc1)NC(=O)[C@@H]1C[C@@]2(C)CC2N1C(=O)Cn1nc(C(C)=O)c2cc(-c3cnc(C)nc3)cc(C)c21. The van der Waals surface area contributed by atoms with Gasteiger partial charge in [-0.05, 0) is 73.8 Å². The summed E-state index contributed by atoms with van der Waals surface area (Å²) in [6, 6.07) is 13.6. The van der Waals surface area contributed by atoms with E-state index in [1.807, 2.05) is 44.2 Å². The molecule has 6 rings (SSSR count). The fraction of sp³-hybridized carbons (Fsp3) is 0.412. The smallest absolute Gasteiger partial charge is 0.245 e. The second kappa shape index (κ2) is 11.0. The highest BCUT2D eigenvalue weighted by atomic mass is 16.2. The van der Waals surface area contributed by atoms with E-state index in [1.54, 1.807) is 22.0 Å². The molecule has 0 spiro atoms. The van der Waals surface area contributed by atoms with Crippen molar-refractivity contribution in [3.8, 4) is 11.1 Å². The molecule has 2 unspecified atom stereocenters. The third kappa shape index (κ3) is 5.44. The lowest BCUT2D eigenvalue weighted by Crippen LogP contribution is -2.51. The van der Waals surface area contributed by atoms with E-state index in [1.165, 1.54) is 12.5 Å². The molecule has 1 aliphatic carbocycles. The van der Waals surface area contributed by atoms with Crippen LogP contribution in [0.5, 0.6) is 0 Å². The Hall–Kier alpha value is -4.40. The molecule has 4 atom stereocenters. The summed E-state index contributed by atoms with van der Waals surface area (Å²) in [6.45, 7) is 9.45. The average molecular weight is 579 g/mol. The maximum atomic E-state index is 14.0. The lowest BCUT2D eigenvalue weighted by Gasteiger charge is -2.29. The summed E-state index contributed by atoms with van der Waals surface area (Å²) < 4.78 is 1.64. The summed E-state index contributed by atoms with van der Waals surface area (Å²) in [5.41, 5.74) is 4.79. The number of carbonyl (C=O) groups is 3. The Morgan fingerprint density at radius 1 is 1.05 bits per heavy atom. The number of amides is 2. The van der Waals surface area contributed by atoms with Gasteiger partial charge in [0.05, 0.1) is 5.52 Å². The van der Waals surface area contributed by atoms with Gasteiger partial charge in [-0.1, -0.05) is 44.2 Å². The maximum absolute atomic E-state index is 14.0. The molecular formula is C34H38N6O3. The van der Waals surface area contributed by atoms with Crippen LogP contribution in [0.3, 0.4) is 0 Å². The summed E-state index contributed by atoms with van der Waals surface area (Å²) in [7, 11) is 0. The normalized spacial score (nSPS) is 21.5. The molecule has 9 nitrogen and oxygen atoms in total. The summed E-state index contributed by atoms with van der Waals surface area (Å²) in [4.78, 5) is 50.7. The standard InChI is InChI=1S/C34H38N6O3/c1-6-26(13-23-10-8-7-9-11-23)37-33(43)28-15-34(5)16-29(34)40(28)30(42)19-39-32-20(2)12-24(25-17-35-22(4)36-18-25)14-27(32)31(38-39)21(3)41/h7-12,14,17-18,26,28-29H,6,13,15-16,19H2,1-5H3,(H,37,43)/t26?,28-,29?,34-/m0/s1. The first-order chi connectivity index (χ1) is 20.6. The highest BCUT2D eigenvalue weighted by Crippen LogP contribution is 2.59. The summed E-state index contributed by atoms with van der Waals surface area (Å²) in [6.07, 6.45) is 6.61. The molecule has 4 aromatic rings. The molecule has 0 bridgehead atoms. The predicted octanol–water partition coefficient (Wildman–Crippen LogP) is 4.83. The van der Waals surface area contributed by atoms with Crippen molar-refractivity contribution in [2.24, 2.45) is 5.41 Å². The van der Waals surface area contributed by atoms with Gasteiger partial charge in [-0.25, -0.2) is 9.97 Å². The van der Waals surface area contributed by atoms with Gasteiger partial charge in [0.1, 0.15) is 24.1 Å². The zero-order chi connectivity index (χ0) is 30.5. The van der Waals surface area contributed by atoms with Crippen LogP contribution in [0.1, 0.15) is 67.5 Å². The molecule has 1 aliphatic heterocycles. The van der Waals surface area contributed by atoms with Crippen LogP contribution in [-0.2, 0) is 22.6 Å². The van der Waals surface area contributed by atoms with E-state index in [2.05, 4.69) is 46.4 Å². The van der Waals surface area contributed by atoms with Gasteiger partial charge < -0.3 is 10.2 Å². The zero-order valence-corrected chi connectivity index (χ0v) is 25.4. The van der Waals surface area contributed by atoms with Crippen molar-refractivity contribution in [3.05, 3.63) is 77.5 Å². The molecular weight excluding hydrogens is 540 g/mol. The highest BCUT2D eigenvalue weighted by Gasteiger charge is 2.64. The molecule has 3 heterocycles. The maximum Gasteiger partial charge on any atom is 0.245 e. The van der Waals surface area contributed by atoms with Gasteiger partial charge in [0, 0.05) is 42.4 Å². The number of nitrogens with one attached hydrogen (secondary N) is 1. The van der Waals surface area contributed by atoms with Crippen molar-refractivity contribution in [2.45, 2.75) is 85.0 Å². The van der Waals surface area contributed by atoms with Gasteiger partial charge in [-0.15, -0.1) is 0 Å². The second-order valence-corrected chi connectivity index (χ2v) is 12.5. The van der Waals surface area contributed by atoms with Crippen LogP contribution in [-0.4, -0.2) is 60.4 Å². The Morgan fingerprint density at radius 2 is 1.77 bits per heavy atom. The van der Waals surface area contributed by atoms with E-state index in [4.69, 9.17) is 0 Å². The van der Waals surface area contributed by atoms with Crippen LogP contribution >= 0.6 is 0 Å². The first-order valence-corrected chi connectivity index (χ1v) is 15.0. The number of hydrogen-bond acceptors (Lipinski definition) is 6. The lowest BCUT2D eigenvalue weighted by molar-refractivity contribution is -0.140. The molecule has 9 heteroatoms. The third-order valence-corrected chi connectivity index (χ3v) is 9.16. The predicted molar refractivity (Wildman–Crippen MR) is 164 cm³/mol. The van der Waals surface area contributed by atoms with E-state index in [9.17, 15) is 14.4 Å². The molecule has 2 aromatic heterocycles. The highest BCUT2D eigenvalue weighted by molar-refractivity contribution is 6.07. The molecule has 2 fully saturated rings. The van der Waals surface area contributed by atoms with Crippen molar-refractivity contribution in [3.63, 3.8) is 0 Å². The van der Waals surface area contributed by atoms with Gasteiger partial charge in [0.25, 0.3) is 0 Å². The topological polar surface area (TPSA) is 110 Å².